The Morgan fingerprint density at radius 3 is 1.47 bits per heavy atom. The SMILES string of the molecule is Cc1ccc(Cn2c(NC3CCNCC3)nc3ccncc32)o1.Cc1ccc(Cn2c(NC3CCNCC3)nc3ccncc32)o1.O. The standard InChI is InChI=1S/2C17H21N5O.H2O/c2*1-12-2-3-14(23-12)11-22-16-10-19-9-6-15(16)21-17(22)20-13-4-7-18-8-5-13;/h2*2-3,6,9-10,13,18H,4-5,7-8,11H2,1H3,(H,20,21);1H2. The normalized spacial score (nSPS) is 15.7. The van der Waals surface area contributed by atoms with Crippen LogP contribution < -0.4 is 21.3 Å². The minimum absolute atomic E-state index is 0. The minimum Gasteiger partial charge on any atom is -0.464 e. The van der Waals surface area contributed by atoms with Gasteiger partial charge in [-0.25, -0.2) is 9.97 Å². The van der Waals surface area contributed by atoms with E-state index in [9.17, 15) is 0 Å². The second kappa shape index (κ2) is 14.8. The number of hydrogen-bond acceptors (Lipinski definition) is 10. The molecule has 13 heteroatoms. The summed E-state index contributed by atoms with van der Waals surface area (Å²) in [5.74, 6) is 5.51. The zero-order valence-corrected chi connectivity index (χ0v) is 27.0. The van der Waals surface area contributed by atoms with Crippen LogP contribution in [-0.4, -0.2) is 72.8 Å². The van der Waals surface area contributed by atoms with Crippen LogP contribution >= 0.6 is 0 Å². The third-order valence-electron chi connectivity index (χ3n) is 8.67. The van der Waals surface area contributed by atoms with E-state index in [1.807, 2.05) is 62.6 Å². The lowest BCUT2D eigenvalue weighted by atomic mass is 10.1. The first kappa shape index (κ1) is 32.2. The molecule has 8 rings (SSSR count). The average Bonchev–Trinajstić information content (AvgIpc) is 3.86. The van der Waals surface area contributed by atoms with E-state index >= 15 is 0 Å². The Labute approximate surface area is 273 Å². The lowest BCUT2D eigenvalue weighted by molar-refractivity contribution is 0.464. The maximum atomic E-state index is 5.74. The predicted molar refractivity (Wildman–Crippen MR) is 183 cm³/mol. The van der Waals surface area contributed by atoms with E-state index in [0.29, 0.717) is 25.2 Å². The lowest BCUT2D eigenvalue weighted by Crippen LogP contribution is -2.36. The Bertz CT molecular complexity index is 1740. The molecule has 0 spiro atoms. The van der Waals surface area contributed by atoms with Gasteiger partial charge in [-0.05, 0) is 102 Å². The summed E-state index contributed by atoms with van der Waals surface area (Å²) in [6.45, 7) is 9.45. The third-order valence-corrected chi connectivity index (χ3v) is 8.67. The van der Waals surface area contributed by atoms with Crippen LogP contribution in [-0.2, 0) is 13.1 Å². The monoisotopic (exact) mass is 640 g/mol. The Balaban J connectivity index is 0.000000161. The largest absolute Gasteiger partial charge is 0.464 e. The molecule has 6 N–H and O–H groups in total. The highest BCUT2D eigenvalue weighted by atomic mass is 16.3. The van der Waals surface area contributed by atoms with Crippen LogP contribution in [0.15, 0.2) is 70.0 Å². The topological polar surface area (TPSA) is 167 Å². The third kappa shape index (κ3) is 7.64. The number of pyridine rings is 2. The zero-order chi connectivity index (χ0) is 31.3. The molecule has 47 heavy (non-hydrogen) atoms. The van der Waals surface area contributed by atoms with Gasteiger partial charge in [0.1, 0.15) is 23.0 Å². The lowest BCUT2D eigenvalue weighted by Gasteiger charge is -2.24. The summed E-state index contributed by atoms with van der Waals surface area (Å²) in [7, 11) is 0. The summed E-state index contributed by atoms with van der Waals surface area (Å²) in [6, 6.07) is 12.8. The summed E-state index contributed by atoms with van der Waals surface area (Å²) in [4.78, 5) is 18.0. The molecule has 0 radical (unpaired) electrons. The molecule has 0 aliphatic carbocycles. The van der Waals surface area contributed by atoms with Crippen molar-refractivity contribution in [1.29, 1.82) is 0 Å². The molecule has 2 aliphatic heterocycles. The van der Waals surface area contributed by atoms with Crippen molar-refractivity contribution in [2.24, 2.45) is 0 Å². The molecule has 0 atom stereocenters. The van der Waals surface area contributed by atoms with E-state index in [0.717, 1.165) is 109 Å². The van der Waals surface area contributed by atoms with Crippen LogP contribution in [0.1, 0.15) is 48.7 Å². The number of aryl methyl sites for hydroxylation is 2. The summed E-state index contributed by atoms with van der Waals surface area (Å²) in [6.07, 6.45) is 11.7. The van der Waals surface area contributed by atoms with Crippen molar-refractivity contribution >= 4 is 34.0 Å². The summed E-state index contributed by atoms with van der Waals surface area (Å²) >= 11 is 0. The van der Waals surface area contributed by atoms with Crippen molar-refractivity contribution < 1.29 is 14.3 Å². The molecule has 248 valence electrons. The fourth-order valence-electron chi connectivity index (χ4n) is 6.23. The number of piperidine rings is 2. The molecule has 2 saturated heterocycles. The van der Waals surface area contributed by atoms with Gasteiger partial charge in [0, 0.05) is 24.5 Å². The molecule has 6 aromatic rings. The molecule has 0 aromatic carbocycles. The van der Waals surface area contributed by atoms with Gasteiger partial charge in [0.25, 0.3) is 0 Å². The van der Waals surface area contributed by atoms with Crippen LogP contribution in [0.3, 0.4) is 0 Å². The number of rotatable bonds is 8. The van der Waals surface area contributed by atoms with E-state index < -0.39 is 0 Å². The van der Waals surface area contributed by atoms with Gasteiger partial charge < -0.3 is 44.7 Å². The number of anilines is 2. The summed E-state index contributed by atoms with van der Waals surface area (Å²) < 4.78 is 15.8. The number of fused-ring (bicyclic) bond motifs is 2. The van der Waals surface area contributed by atoms with Gasteiger partial charge in [-0.3, -0.25) is 9.97 Å². The fourth-order valence-corrected chi connectivity index (χ4v) is 6.23. The van der Waals surface area contributed by atoms with Crippen molar-refractivity contribution in [3.63, 3.8) is 0 Å². The first-order valence-corrected chi connectivity index (χ1v) is 16.2. The maximum Gasteiger partial charge on any atom is 0.204 e. The average molecular weight is 641 g/mol. The van der Waals surface area contributed by atoms with Crippen LogP contribution in [0.2, 0.25) is 0 Å². The van der Waals surface area contributed by atoms with E-state index in [1.54, 1.807) is 12.4 Å². The summed E-state index contributed by atoms with van der Waals surface area (Å²) in [5, 5.41) is 14.0. The Morgan fingerprint density at radius 1 is 0.660 bits per heavy atom. The number of nitrogens with zero attached hydrogens (tertiary/aromatic N) is 6. The first-order valence-electron chi connectivity index (χ1n) is 16.2. The number of furan rings is 2. The zero-order valence-electron chi connectivity index (χ0n) is 27.0. The van der Waals surface area contributed by atoms with Crippen molar-refractivity contribution in [1.82, 2.24) is 39.7 Å². The van der Waals surface area contributed by atoms with Crippen LogP contribution in [0, 0.1) is 13.8 Å². The molecule has 6 aromatic heterocycles. The predicted octanol–water partition coefficient (Wildman–Crippen LogP) is 4.27. The maximum absolute atomic E-state index is 5.74. The highest BCUT2D eigenvalue weighted by Gasteiger charge is 2.20. The van der Waals surface area contributed by atoms with E-state index in [-0.39, 0.29) is 5.48 Å². The second-order valence-corrected chi connectivity index (χ2v) is 12.1. The van der Waals surface area contributed by atoms with Crippen molar-refractivity contribution in [3.05, 3.63) is 84.2 Å². The van der Waals surface area contributed by atoms with Gasteiger partial charge in [0.2, 0.25) is 11.9 Å². The molecule has 0 bridgehead atoms. The molecule has 13 nitrogen and oxygen atoms in total. The summed E-state index contributed by atoms with van der Waals surface area (Å²) in [5.41, 5.74) is 3.97. The molecular formula is C34H44N10O3. The number of aromatic nitrogens is 6. The van der Waals surface area contributed by atoms with Crippen molar-refractivity contribution in [2.75, 3.05) is 36.8 Å². The van der Waals surface area contributed by atoms with E-state index in [2.05, 4.69) is 40.4 Å². The molecule has 0 saturated carbocycles. The quantitative estimate of drug-likeness (QED) is 0.189. The van der Waals surface area contributed by atoms with E-state index in [4.69, 9.17) is 18.8 Å². The van der Waals surface area contributed by atoms with Gasteiger partial charge in [-0.1, -0.05) is 0 Å². The molecule has 0 unspecified atom stereocenters. The number of nitrogens with one attached hydrogen (secondary N) is 4. The smallest absolute Gasteiger partial charge is 0.204 e. The fraction of sp³-hybridized carbons (Fsp3) is 0.412. The highest BCUT2D eigenvalue weighted by Crippen LogP contribution is 2.24. The van der Waals surface area contributed by atoms with Gasteiger partial charge in [-0.15, -0.1) is 0 Å². The van der Waals surface area contributed by atoms with Crippen LogP contribution in [0.5, 0.6) is 0 Å². The first-order chi connectivity index (χ1) is 22.6. The van der Waals surface area contributed by atoms with Crippen LogP contribution in [0.25, 0.3) is 22.1 Å². The molecule has 2 aliphatic rings. The van der Waals surface area contributed by atoms with Crippen LogP contribution in [0.4, 0.5) is 11.9 Å². The number of imidazole rings is 2. The molecule has 2 fully saturated rings. The Hall–Kier alpha value is -4.72. The Morgan fingerprint density at radius 2 is 1.09 bits per heavy atom. The van der Waals surface area contributed by atoms with Gasteiger partial charge in [0.05, 0.1) is 47.6 Å². The van der Waals surface area contributed by atoms with Crippen molar-refractivity contribution in [3.8, 4) is 0 Å². The molecule has 0 amide bonds. The molecule has 8 heterocycles. The minimum atomic E-state index is 0. The Kier molecular flexibility index (Phi) is 10.1. The number of hydrogen-bond donors (Lipinski definition) is 4. The van der Waals surface area contributed by atoms with E-state index in [1.165, 1.54) is 0 Å². The van der Waals surface area contributed by atoms with Gasteiger partial charge >= 0.3 is 0 Å². The van der Waals surface area contributed by atoms with Gasteiger partial charge in [-0.2, -0.15) is 0 Å². The highest BCUT2D eigenvalue weighted by molar-refractivity contribution is 5.78. The second-order valence-electron chi connectivity index (χ2n) is 12.1. The van der Waals surface area contributed by atoms with Gasteiger partial charge in [0.15, 0.2) is 0 Å². The van der Waals surface area contributed by atoms with Crippen molar-refractivity contribution in [2.45, 2.75) is 64.7 Å². The molecular weight excluding hydrogens is 596 g/mol.